The van der Waals surface area contributed by atoms with Crippen LogP contribution in [0.3, 0.4) is 0 Å². The van der Waals surface area contributed by atoms with Crippen LogP contribution in [-0.2, 0) is 5.41 Å². The van der Waals surface area contributed by atoms with E-state index in [-0.39, 0.29) is 17.8 Å². The summed E-state index contributed by atoms with van der Waals surface area (Å²) in [5.41, 5.74) is 1.67. The average molecular weight is 349 g/mol. The maximum absolute atomic E-state index is 14.3. The molecule has 1 aromatic rings. The highest BCUT2D eigenvalue weighted by atomic mass is 35.5. The SMILES string of the molecule is CC(C)(C)c1ccc([C@@H](N2CCNCC2)C(F)(F)CO)cc1.Cl. The Morgan fingerprint density at radius 2 is 1.65 bits per heavy atom. The number of halogens is 3. The van der Waals surface area contributed by atoms with Gasteiger partial charge in [-0.3, -0.25) is 4.90 Å². The molecule has 1 heterocycles. The number of rotatable bonds is 4. The van der Waals surface area contributed by atoms with E-state index in [9.17, 15) is 8.78 Å². The third-order valence-corrected chi connectivity index (χ3v) is 4.22. The zero-order valence-corrected chi connectivity index (χ0v) is 14.8. The van der Waals surface area contributed by atoms with Crippen LogP contribution >= 0.6 is 12.4 Å². The number of nitrogens with one attached hydrogen (secondary N) is 1. The largest absolute Gasteiger partial charge is 0.390 e. The van der Waals surface area contributed by atoms with Crippen LogP contribution in [0.25, 0.3) is 0 Å². The molecule has 0 unspecified atom stereocenters. The van der Waals surface area contributed by atoms with Gasteiger partial charge in [-0.15, -0.1) is 12.4 Å². The minimum absolute atomic E-state index is 0. The second-order valence-electron chi connectivity index (χ2n) is 6.98. The first-order valence-electron chi connectivity index (χ1n) is 7.79. The van der Waals surface area contributed by atoms with Gasteiger partial charge in [0.2, 0.25) is 0 Å². The Hall–Kier alpha value is -0.750. The molecule has 3 nitrogen and oxygen atoms in total. The minimum Gasteiger partial charge on any atom is -0.390 e. The lowest BCUT2D eigenvalue weighted by atomic mass is 9.85. The molecule has 0 amide bonds. The Labute approximate surface area is 143 Å². The summed E-state index contributed by atoms with van der Waals surface area (Å²) in [5.74, 6) is -3.15. The molecule has 23 heavy (non-hydrogen) atoms. The van der Waals surface area contributed by atoms with Crippen molar-refractivity contribution in [1.82, 2.24) is 10.2 Å². The topological polar surface area (TPSA) is 35.5 Å². The number of aliphatic hydroxyl groups is 1. The molecule has 0 spiro atoms. The molecular formula is C17H27ClF2N2O. The van der Waals surface area contributed by atoms with Crippen molar-refractivity contribution in [2.24, 2.45) is 0 Å². The zero-order chi connectivity index (χ0) is 16.4. The molecule has 1 atom stereocenters. The Morgan fingerprint density at radius 3 is 2.09 bits per heavy atom. The van der Waals surface area contributed by atoms with Crippen LogP contribution in [0.4, 0.5) is 8.78 Å². The monoisotopic (exact) mass is 348 g/mol. The Kier molecular flexibility index (Phi) is 6.95. The number of nitrogens with zero attached hydrogens (tertiary/aromatic N) is 1. The fourth-order valence-electron chi connectivity index (χ4n) is 2.91. The fraction of sp³-hybridized carbons (Fsp3) is 0.647. The number of piperazine rings is 1. The van der Waals surface area contributed by atoms with Crippen LogP contribution in [0.1, 0.15) is 37.9 Å². The molecule has 0 aliphatic carbocycles. The van der Waals surface area contributed by atoms with Crippen molar-refractivity contribution in [1.29, 1.82) is 0 Å². The normalized spacial score (nSPS) is 18.3. The number of hydrogen-bond donors (Lipinski definition) is 2. The second kappa shape index (κ2) is 7.88. The van der Waals surface area contributed by atoms with E-state index < -0.39 is 18.6 Å². The Bertz CT molecular complexity index is 482. The molecule has 0 saturated carbocycles. The first kappa shape index (κ1) is 20.3. The smallest absolute Gasteiger partial charge is 0.289 e. The summed E-state index contributed by atoms with van der Waals surface area (Å²) in [6.07, 6.45) is 0. The zero-order valence-electron chi connectivity index (χ0n) is 14.0. The maximum atomic E-state index is 14.3. The van der Waals surface area contributed by atoms with Crippen LogP contribution in [-0.4, -0.2) is 48.7 Å². The highest BCUT2D eigenvalue weighted by Gasteiger charge is 2.44. The van der Waals surface area contributed by atoms with Crippen LogP contribution in [0.5, 0.6) is 0 Å². The van der Waals surface area contributed by atoms with E-state index in [0.717, 1.165) is 5.56 Å². The molecule has 2 N–H and O–H groups in total. The van der Waals surface area contributed by atoms with E-state index in [2.05, 4.69) is 26.1 Å². The molecular weight excluding hydrogens is 322 g/mol. The minimum atomic E-state index is -3.15. The lowest BCUT2D eigenvalue weighted by molar-refractivity contribution is -0.118. The van der Waals surface area contributed by atoms with Crippen LogP contribution < -0.4 is 5.32 Å². The molecule has 132 valence electrons. The molecule has 1 aromatic carbocycles. The predicted octanol–water partition coefficient (Wildman–Crippen LogP) is 2.98. The third kappa shape index (κ3) is 4.86. The Morgan fingerprint density at radius 1 is 1.13 bits per heavy atom. The summed E-state index contributed by atoms with van der Waals surface area (Å²) in [5, 5.41) is 12.3. The molecule has 1 aliphatic rings. The summed E-state index contributed by atoms with van der Waals surface area (Å²) < 4.78 is 28.6. The van der Waals surface area contributed by atoms with Gasteiger partial charge in [-0.1, -0.05) is 45.0 Å². The molecule has 0 aromatic heterocycles. The van der Waals surface area contributed by atoms with Crippen molar-refractivity contribution in [3.63, 3.8) is 0 Å². The third-order valence-electron chi connectivity index (χ3n) is 4.22. The van der Waals surface area contributed by atoms with E-state index in [1.54, 1.807) is 17.0 Å². The number of alkyl halides is 2. The van der Waals surface area contributed by atoms with Gasteiger partial charge in [0.05, 0.1) is 0 Å². The summed E-state index contributed by atoms with van der Waals surface area (Å²) in [7, 11) is 0. The van der Waals surface area contributed by atoms with E-state index >= 15 is 0 Å². The summed E-state index contributed by atoms with van der Waals surface area (Å²) in [6, 6.07) is 6.30. The van der Waals surface area contributed by atoms with Gasteiger partial charge in [-0.2, -0.15) is 0 Å². The van der Waals surface area contributed by atoms with E-state index in [4.69, 9.17) is 5.11 Å². The van der Waals surface area contributed by atoms with Crippen molar-refractivity contribution >= 4 is 12.4 Å². The van der Waals surface area contributed by atoms with Gasteiger partial charge in [-0.05, 0) is 16.5 Å². The fourth-order valence-corrected chi connectivity index (χ4v) is 2.91. The summed E-state index contributed by atoms with van der Waals surface area (Å²) in [4.78, 5) is 1.76. The molecule has 6 heteroatoms. The van der Waals surface area contributed by atoms with Crippen LogP contribution in [0.2, 0.25) is 0 Å². The Balaban J connectivity index is 0.00000264. The lowest BCUT2D eigenvalue weighted by Gasteiger charge is -2.39. The van der Waals surface area contributed by atoms with Crippen LogP contribution in [0.15, 0.2) is 24.3 Å². The molecule has 0 bridgehead atoms. The van der Waals surface area contributed by atoms with E-state index in [1.165, 1.54) is 0 Å². The number of hydrogen-bond acceptors (Lipinski definition) is 3. The highest BCUT2D eigenvalue weighted by Crippen LogP contribution is 2.37. The molecule has 1 aliphatic heterocycles. The average Bonchev–Trinajstić information content (AvgIpc) is 2.48. The van der Waals surface area contributed by atoms with Gasteiger partial charge in [0.15, 0.2) is 0 Å². The molecule has 1 fully saturated rings. The van der Waals surface area contributed by atoms with Crippen LogP contribution in [0, 0.1) is 0 Å². The molecule has 0 radical (unpaired) electrons. The number of aliphatic hydroxyl groups excluding tert-OH is 1. The first-order valence-corrected chi connectivity index (χ1v) is 7.79. The highest BCUT2D eigenvalue weighted by molar-refractivity contribution is 5.85. The molecule has 1 saturated heterocycles. The second-order valence-corrected chi connectivity index (χ2v) is 6.98. The van der Waals surface area contributed by atoms with E-state index in [0.29, 0.717) is 31.7 Å². The van der Waals surface area contributed by atoms with Gasteiger partial charge >= 0.3 is 0 Å². The van der Waals surface area contributed by atoms with Crippen molar-refractivity contribution in [3.05, 3.63) is 35.4 Å². The van der Waals surface area contributed by atoms with Crippen molar-refractivity contribution in [3.8, 4) is 0 Å². The maximum Gasteiger partial charge on any atom is 0.289 e. The predicted molar refractivity (Wildman–Crippen MR) is 91.6 cm³/mol. The van der Waals surface area contributed by atoms with Gasteiger partial charge in [0, 0.05) is 26.2 Å². The van der Waals surface area contributed by atoms with Gasteiger partial charge in [0.25, 0.3) is 5.92 Å². The summed E-state index contributed by atoms with van der Waals surface area (Å²) in [6.45, 7) is 7.65. The number of benzene rings is 1. The standard InChI is InChI=1S/C17H26F2N2O.ClH/c1-16(2,3)14-6-4-13(5-7-14)15(17(18,19)12-22)21-10-8-20-9-11-21;/h4-7,15,20,22H,8-12H2,1-3H3;1H/t15-;/m1./s1. The van der Waals surface area contributed by atoms with Gasteiger partial charge < -0.3 is 10.4 Å². The molecule has 2 rings (SSSR count). The quantitative estimate of drug-likeness (QED) is 0.878. The summed E-state index contributed by atoms with van der Waals surface area (Å²) >= 11 is 0. The van der Waals surface area contributed by atoms with Crippen molar-refractivity contribution in [2.75, 3.05) is 32.8 Å². The van der Waals surface area contributed by atoms with Crippen molar-refractivity contribution < 1.29 is 13.9 Å². The van der Waals surface area contributed by atoms with Gasteiger partial charge in [0.1, 0.15) is 12.6 Å². The van der Waals surface area contributed by atoms with Crippen molar-refractivity contribution in [2.45, 2.75) is 38.2 Å². The van der Waals surface area contributed by atoms with E-state index in [1.807, 2.05) is 12.1 Å². The lowest BCUT2D eigenvalue weighted by Crippen LogP contribution is -2.51. The van der Waals surface area contributed by atoms with Gasteiger partial charge in [-0.25, -0.2) is 8.78 Å². The first-order chi connectivity index (χ1) is 10.3.